The SMILES string of the molecule is CCOC(=O)NC(=O)CN(CC)CC(=O)Nc1ccc(N2CCOCC2)cc1. The standard InChI is InChI=1S/C19H28N4O5/c1-3-22(14-18(25)21-19(26)28-4-2)13-17(24)20-15-5-7-16(8-6-15)23-9-11-27-12-10-23/h5-8H,3-4,9-14H2,1-2H3,(H,20,24)(H,21,25,26). The van der Waals surface area contributed by atoms with Crippen molar-refractivity contribution in [1.82, 2.24) is 10.2 Å². The Hall–Kier alpha value is -2.65. The number of nitrogens with zero attached hydrogens (tertiary/aromatic N) is 2. The molecule has 0 aromatic heterocycles. The normalized spacial score (nSPS) is 13.9. The van der Waals surface area contributed by atoms with Gasteiger partial charge in [-0.05, 0) is 37.7 Å². The number of carbonyl (C=O) groups excluding carboxylic acids is 3. The number of anilines is 2. The van der Waals surface area contributed by atoms with Crippen LogP contribution >= 0.6 is 0 Å². The van der Waals surface area contributed by atoms with Gasteiger partial charge in [-0.25, -0.2) is 4.79 Å². The highest BCUT2D eigenvalue weighted by Crippen LogP contribution is 2.19. The van der Waals surface area contributed by atoms with E-state index >= 15 is 0 Å². The summed E-state index contributed by atoms with van der Waals surface area (Å²) in [6, 6.07) is 7.63. The molecule has 0 bridgehead atoms. The lowest BCUT2D eigenvalue weighted by atomic mass is 10.2. The van der Waals surface area contributed by atoms with Crippen LogP contribution in [0.3, 0.4) is 0 Å². The molecule has 1 heterocycles. The summed E-state index contributed by atoms with van der Waals surface area (Å²) in [7, 11) is 0. The minimum absolute atomic E-state index is 0.0396. The van der Waals surface area contributed by atoms with Crippen molar-refractivity contribution < 1.29 is 23.9 Å². The van der Waals surface area contributed by atoms with Crippen LogP contribution < -0.4 is 15.5 Å². The first-order valence-electron chi connectivity index (χ1n) is 9.43. The quantitative estimate of drug-likeness (QED) is 0.682. The minimum atomic E-state index is -0.784. The van der Waals surface area contributed by atoms with E-state index in [1.54, 1.807) is 11.8 Å². The number of carbonyl (C=O) groups is 3. The molecule has 1 saturated heterocycles. The third-order valence-corrected chi connectivity index (χ3v) is 4.23. The Morgan fingerprint density at radius 3 is 2.32 bits per heavy atom. The van der Waals surface area contributed by atoms with Crippen molar-refractivity contribution in [1.29, 1.82) is 0 Å². The highest BCUT2D eigenvalue weighted by Gasteiger charge is 2.16. The molecular weight excluding hydrogens is 364 g/mol. The van der Waals surface area contributed by atoms with Crippen LogP contribution in [0.25, 0.3) is 0 Å². The second-order valence-corrected chi connectivity index (χ2v) is 6.27. The number of rotatable bonds is 8. The van der Waals surface area contributed by atoms with E-state index in [0.717, 1.165) is 32.0 Å². The fourth-order valence-corrected chi connectivity index (χ4v) is 2.78. The molecule has 2 N–H and O–H groups in total. The molecule has 1 aliphatic rings. The number of nitrogens with one attached hydrogen (secondary N) is 2. The third kappa shape index (κ3) is 7.16. The van der Waals surface area contributed by atoms with E-state index in [9.17, 15) is 14.4 Å². The zero-order valence-corrected chi connectivity index (χ0v) is 16.4. The zero-order chi connectivity index (χ0) is 20.4. The molecule has 0 spiro atoms. The van der Waals surface area contributed by atoms with E-state index in [4.69, 9.17) is 4.74 Å². The summed E-state index contributed by atoms with van der Waals surface area (Å²) in [6.07, 6.45) is -0.784. The molecule has 9 heteroatoms. The van der Waals surface area contributed by atoms with Gasteiger partial charge in [0.15, 0.2) is 0 Å². The molecule has 9 nitrogen and oxygen atoms in total. The summed E-state index contributed by atoms with van der Waals surface area (Å²) in [5, 5.41) is 4.94. The molecule has 0 saturated carbocycles. The molecule has 0 atom stereocenters. The van der Waals surface area contributed by atoms with Crippen molar-refractivity contribution >= 4 is 29.3 Å². The molecule has 2 rings (SSSR count). The van der Waals surface area contributed by atoms with Crippen LogP contribution in [0.1, 0.15) is 13.8 Å². The van der Waals surface area contributed by atoms with Crippen LogP contribution in [0.4, 0.5) is 16.2 Å². The van der Waals surface area contributed by atoms with Crippen molar-refractivity contribution in [2.24, 2.45) is 0 Å². The van der Waals surface area contributed by atoms with Gasteiger partial charge >= 0.3 is 6.09 Å². The maximum absolute atomic E-state index is 12.3. The van der Waals surface area contributed by atoms with Crippen molar-refractivity contribution in [2.75, 3.05) is 62.8 Å². The second kappa shape index (κ2) is 11.3. The van der Waals surface area contributed by atoms with Gasteiger partial charge in [-0.3, -0.25) is 19.8 Å². The zero-order valence-electron chi connectivity index (χ0n) is 16.4. The Labute approximate surface area is 165 Å². The molecule has 1 aromatic rings. The van der Waals surface area contributed by atoms with Crippen LogP contribution in [0, 0.1) is 0 Å². The van der Waals surface area contributed by atoms with Crippen molar-refractivity contribution in [3.63, 3.8) is 0 Å². The topological polar surface area (TPSA) is 100 Å². The molecule has 28 heavy (non-hydrogen) atoms. The predicted octanol–water partition coefficient (Wildman–Crippen LogP) is 1.06. The summed E-state index contributed by atoms with van der Waals surface area (Å²) >= 11 is 0. The average molecular weight is 392 g/mol. The van der Waals surface area contributed by atoms with E-state index in [1.807, 2.05) is 31.2 Å². The van der Waals surface area contributed by atoms with Crippen LogP contribution in [0.2, 0.25) is 0 Å². The summed E-state index contributed by atoms with van der Waals surface area (Å²) in [4.78, 5) is 39.2. The average Bonchev–Trinajstić information content (AvgIpc) is 2.68. The third-order valence-electron chi connectivity index (χ3n) is 4.23. The number of hydrogen-bond donors (Lipinski definition) is 2. The summed E-state index contributed by atoms with van der Waals surface area (Å²) in [5.41, 5.74) is 1.78. The van der Waals surface area contributed by atoms with Gasteiger partial charge in [0.05, 0.1) is 32.9 Å². The van der Waals surface area contributed by atoms with Gasteiger partial charge in [0.25, 0.3) is 0 Å². The van der Waals surface area contributed by atoms with Crippen LogP contribution in [-0.4, -0.2) is 75.4 Å². The van der Waals surface area contributed by atoms with Crippen molar-refractivity contribution in [3.05, 3.63) is 24.3 Å². The Bertz CT molecular complexity index is 659. The maximum atomic E-state index is 12.3. The lowest BCUT2D eigenvalue weighted by Crippen LogP contribution is -2.43. The number of benzene rings is 1. The Balaban J connectivity index is 1.80. The van der Waals surface area contributed by atoms with Crippen molar-refractivity contribution in [3.8, 4) is 0 Å². The number of alkyl carbamates (subject to hydrolysis) is 1. The Morgan fingerprint density at radius 2 is 1.71 bits per heavy atom. The fraction of sp³-hybridized carbons (Fsp3) is 0.526. The maximum Gasteiger partial charge on any atom is 0.413 e. The highest BCUT2D eigenvalue weighted by molar-refractivity contribution is 5.94. The van der Waals surface area contributed by atoms with Gasteiger partial charge in [-0.1, -0.05) is 6.92 Å². The van der Waals surface area contributed by atoms with E-state index in [-0.39, 0.29) is 25.6 Å². The highest BCUT2D eigenvalue weighted by atomic mass is 16.5. The van der Waals surface area contributed by atoms with Crippen LogP contribution in [0.15, 0.2) is 24.3 Å². The van der Waals surface area contributed by atoms with Crippen molar-refractivity contribution in [2.45, 2.75) is 13.8 Å². The first-order valence-corrected chi connectivity index (χ1v) is 9.43. The molecule has 1 aromatic carbocycles. The first-order chi connectivity index (χ1) is 13.5. The number of imide groups is 1. The largest absolute Gasteiger partial charge is 0.450 e. The molecule has 0 unspecified atom stereocenters. The van der Waals surface area contributed by atoms with E-state index < -0.39 is 12.0 Å². The van der Waals surface area contributed by atoms with E-state index in [0.29, 0.717) is 12.2 Å². The molecule has 154 valence electrons. The van der Waals surface area contributed by atoms with Gasteiger partial charge in [-0.15, -0.1) is 0 Å². The first kappa shape index (κ1) is 21.6. The molecule has 1 fully saturated rings. The minimum Gasteiger partial charge on any atom is -0.450 e. The van der Waals surface area contributed by atoms with Gasteiger partial charge in [-0.2, -0.15) is 0 Å². The molecule has 3 amide bonds. The monoisotopic (exact) mass is 392 g/mol. The summed E-state index contributed by atoms with van der Waals surface area (Å²) in [5.74, 6) is -0.743. The fourth-order valence-electron chi connectivity index (χ4n) is 2.78. The number of likely N-dealkylation sites (N-methyl/N-ethyl adjacent to an activating group) is 1. The molecule has 1 aliphatic heterocycles. The van der Waals surface area contributed by atoms with Gasteiger partial charge in [0.2, 0.25) is 11.8 Å². The smallest absolute Gasteiger partial charge is 0.413 e. The Morgan fingerprint density at radius 1 is 1.07 bits per heavy atom. The summed E-state index contributed by atoms with van der Waals surface area (Å²) < 4.78 is 10.0. The number of ether oxygens (including phenoxy) is 2. The van der Waals surface area contributed by atoms with Gasteiger partial charge < -0.3 is 19.7 Å². The number of morpholine rings is 1. The lowest BCUT2D eigenvalue weighted by Gasteiger charge is -2.29. The molecule has 0 aliphatic carbocycles. The number of amides is 3. The second-order valence-electron chi connectivity index (χ2n) is 6.27. The van der Waals surface area contributed by atoms with Gasteiger partial charge in [0.1, 0.15) is 0 Å². The molecule has 0 radical (unpaired) electrons. The molecular formula is C19H28N4O5. The van der Waals surface area contributed by atoms with Crippen LogP contribution in [-0.2, 0) is 19.1 Å². The van der Waals surface area contributed by atoms with E-state index in [2.05, 4.69) is 20.3 Å². The predicted molar refractivity (Wildman–Crippen MR) is 105 cm³/mol. The number of hydrogen-bond acceptors (Lipinski definition) is 7. The van der Waals surface area contributed by atoms with E-state index in [1.165, 1.54) is 0 Å². The van der Waals surface area contributed by atoms with Crippen LogP contribution in [0.5, 0.6) is 0 Å². The Kier molecular flexibility index (Phi) is 8.70. The lowest BCUT2D eigenvalue weighted by molar-refractivity contribution is -0.122. The van der Waals surface area contributed by atoms with Gasteiger partial charge in [0, 0.05) is 24.5 Å². The summed E-state index contributed by atoms with van der Waals surface area (Å²) in [6.45, 7) is 7.27.